The molecule has 0 spiro atoms. The SMILES string of the molecule is CNC(=O)C[C@H]1CN(C(=O)CCn2nc(C)c(C)c2C)C[C@@H]1OC. The minimum absolute atomic E-state index is 0.0190. The molecule has 0 radical (unpaired) electrons. The van der Waals surface area contributed by atoms with E-state index in [9.17, 15) is 9.59 Å². The summed E-state index contributed by atoms with van der Waals surface area (Å²) < 4.78 is 7.36. The number of methoxy groups -OCH3 is 1. The van der Waals surface area contributed by atoms with Crippen molar-refractivity contribution in [3.05, 3.63) is 17.0 Å². The smallest absolute Gasteiger partial charge is 0.224 e. The maximum Gasteiger partial charge on any atom is 0.224 e. The molecule has 2 amide bonds. The summed E-state index contributed by atoms with van der Waals surface area (Å²) in [6.45, 7) is 7.74. The second kappa shape index (κ2) is 7.79. The van der Waals surface area contributed by atoms with Crippen LogP contribution >= 0.6 is 0 Å². The van der Waals surface area contributed by atoms with Crippen LogP contribution < -0.4 is 5.32 Å². The standard InChI is InChI=1S/C17H28N4O3/c1-11-12(2)19-21(13(11)3)7-6-17(23)20-9-14(8-16(22)18-4)15(10-20)24-5/h14-15H,6-10H2,1-5H3,(H,18,22)/t14-,15-/m0/s1. The van der Waals surface area contributed by atoms with Crippen LogP contribution in [0, 0.1) is 26.7 Å². The number of nitrogens with zero attached hydrogens (tertiary/aromatic N) is 3. The fourth-order valence-corrected chi connectivity index (χ4v) is 3.21. The number of carbonyl (C=O) groups excluding carboxylic acids is 2. The van der Waals surface area contributed by atoms with Gasteiger partial charge in [-0.25, -0.2) is 0 Å². The first-order valence-electron chi connectivity index (χ1n) is 8.39. The molecule has 2 heterocycles. The highest BCUT2D eigenvalue weighted by Gasteiger charge is 2.36. The molecule has 1 aliphatic heterocycles. The molecule has 1 fully saturated rings. The number of aromatic nitrogens is 2. The quantitative estimate of drug-likeness (QED) is 0.834. The van der Waals surface area contributed by atoms with Crippen molar-refractivity contribution in [1.29, 1.82) is 0 Å². The fourth-order valence-electron chi connectivity index (χ4n) is 3.21. The Morgan fingerprint density at radius 3 is 2.54 bits per heavy atom. The highest BCUT2D eigenvalue weighted by Crippen LogP contribution is 2.23. The number of hydrogen-bond acceptors (Lipinski definition) is 4. The zero-order valence-corrected chi connectivity index (χ0v) is 15.3. The van der Waals surface area contributed by atoms with Gasteiger partial charge >= 0.3 is 0 Å². The number of nitrogens with one attached hydrogen (secondary N) is 1. The third-order valence-electron chi connectivity index (χ3n) is 5.04. The van der Waals surface area contributed by atoms with Crippen LogP contribution in [-0.2, 0) is 20.9 Å². The lowest BCUT2D eigenvalue weighted by Crippen LogP contribution is -2.30. The van der Waals surface area contributed by atoms with E-state index in [-0.39, 0.29) is 23.8 Å². The van der Waals surface area contributed by atoms with Gasteiger partial charge in [0.25, 0.3) is 0 Å². The van der Waals surface area contributed by atoms with Crippen molar-refractivity contribution in [2.75, 3.05) is 27.2 Å². The molecule has 0 unspecified atom stereocenters. The molecule has 0 aromatic carbocycles. The summed E-state index contributed by atoms with van der Waals surface area (Å²) in [5.41, 5.74) is 3.29. The average molecular weight is 336 g/mol. The number of hydrogen-bond donors (Lipinski definition) is 1. The van der Waals surface area contributed by atoms with Gasteiger partial charge in [-0.15, -0.1) is 0 Å². The van der Waals surface area contributed by atoms with Gasteiger partial charge in [0.2, 0.25) is 11.8 Å². The van der Waals surface area contributed by atoms with Gasteiger partial charge in [0.15, 0.2) is 0 Å². The van der Waals surface area contributed by atoms with E-state index in [0.717, 1.165) is 11.4 Å². The van der Waals surface area contributed by atoms with Crippen LogP contribution in [0.5, 0.6) is 0 Å². The summed E-state index contributed by atoms with van der Waals surface area (Å²) in [7, 11) is 3.26. The molecule has 1 N–H and O–H groups in total. The molecule has 1 aliphatic rings. The van der Waals surface area contributed by atoms with Gasteiger partial charge in [-0.05, 0) is 26.3 Å². The highest BCUT2D eigenvalue weighted by molar-refractivity contribution is 5.78. The van der Waals surface area contributed by atoms with Crippen LogP contribution in [-0.4, -0.2) is 59.8 Å². The Morgan fingerprint density at radius 1 is 1.29 bits per heavy atom. The summed E-state index contributed by atoms with van der Waals surface area (Å²) in [6.07, 6.45) is 0.710. The molecule has 24 heavy (non-hydrogen) atoms. The van der Waals surface area contributed by atoms with Crippen LogP contribution in [0.3, 0.4) is 0 Å². The summed E-state index contributed by atoms with van der Waals surface area (Å²) in [5.74, 6) is 0.117. The van der Waals surface area contributed by atoms with Crippen molar-refractivity contribution in [3.8, 4) is 0 Å². The van der Waals surface area contributed by atoms with Gasteiger partial charge in [-0.2, -0.15) is 5.10 Å². The molecule has 1 saturated heterocycles. The summed E-state index contributed by atoms with van der Waals surface area (Å²) in [6, 6.07) is 0. The lowest BCUT2D eigenvalue weighted by molar-refractivity contribution is -0.131. The number of rotatable bonds is 6. The predicted octanol–water partition coefficient (Wildman–Crippen LogP) is 0.808. The van der Waals surface area contributed by atoms with Crippen LogP contribution in [0.4, 0.5) is 0 Å². The zero-order valence-electron chi connectivity index (χ0n) is 15.3. The Bertz CT molecular complexity index is 611. The normalized spacial score (nSPS) is 20.5. The van der Waals surface area contributed by atoms with Crippen LogP contribution in [0.25, 0.3) is 0 Å². The number of likely N-dealkylation sites (tertiary alicyclic amines) is 1. The minimum Gasteiger partial charge on any atom is -0.379 e. The Labute approximate surface area is 143 Å². The van der Waals surface area contributed by atoms with Crippen molar-refractivity contribution in [3.63, 3.8) is 0 Å². The molecular formula is C17H28N4O3. The fraction of sp³-hybridized carbons (Fsp3) is 0.706. The van der Waals surface area contributed by atoms with Crippen molar-refractivity contribution in [1.82, 2.24) is 20.0 Å². The van der Waals surface area contributed by atoms with Crippen LogP contribution in [0.2, 0.25) is 0 Å². The lowest BCUT2D eigenvalue weighted by Gasteiger charge is -2.16. The van der Waals surface area contributed by atoms with Crippen LogP contribution in [0.1, 0.15) is 29.8 Å². The summed E-state index contributed by atoms with van der Waals surface area (Å²) in [5, 5.41) is 7.10. The van der Waals surface area contributed by atoms with E-state index in [1.807, 2.05) is 25.5 Å². The van der Waals surface area contributed by atoms with E-state index < -0.39 is 0 Å². The largest absolute Gasteiger partial charge is 0.379 e. The van der Waals surface area contributed by atoms with E-state index in [1.165, 1.54) is 5.56 Å². The minimum atomic E-state index is -0.0813. The molecule has 1 aromatic heterocycles. The molecule has 0 bridgehead atoms. The molecule has 0 aliphatic carbocycles. The van der Waals surface area contributed by atoms with E-state index in [0.29, 0.717) is 32.5 Å². The molecule has 1 aromatic rings. The third kappa shape index (κ3) is 3.95. The highest BCUT2D eigenvalue weighted by atomic mass is 16.5. The summed E-state index contributed by atoms with van der Waals surface area (Å²) in [4.78, 5) is 25.9. The molecule has 7 nitrogen and oxygen atoms in total. The van der Waals surface area contributed by atoms with Gasteiger partial charge in [0, 0.05) is 58.2 Å². The monoisotopic (exact) mass is 336 g/mol. The first-order valence-corrected chi connectivity index (χ1v) is 8.39. The van der Waals surface area contributed by atoms with Gasteiger partial charge < -0.3 is 15.0 Å². The van der Waals surface area contributed by atoms with Gasteiger partial charge in [-0.3, -0.25) is 14.3 Å². The zero-order chi connectivity index (χ0) is 17.9. The molecule has 0 saturated carbocycles. The van der Waals surface area contributed by atoms with Crippen molar-refractivity contribution < 1.29 is 14.3 Å². The average Bonchev–Trinajstić information content (AvgIpc) is 3.08. The van der Waals surface area contributed by atoms with Crippen molar-refractivity contribution in [2.24, 2.45) is 5.92 Å². The Balaban J connectivity index is 1.92. The number of carbonyl (C=O) groups is 2. The number of amides is 2. The van der Waals surface area contributed by atoms with Crippen LogP contribution in [0.15, 0.2) is 0 Å². The molecule has 134 valence electrons. The maximum atomic E-state index is 12.5. The first kappa shape index (κ1) is 18.4. The van der Waals surface area contributed by atoms with Gasteiger partial charge in [-0.1, -0.05) is 0 Å². The Morgan fingerprint density at radius 2 is 2.00 bits per heavy atom. The van der Waals surface area contributed by atoms with Crippen molar-refractivity contribution in [2.45, 2.75) is 46.3 Å². The van der Waals surface area contributed by atoms with Crippen molar-refractivity contribution >= 4 is 11.8 Å². The van der Waals surface area contributed by atoms with E-state index in [4.69, 9.17) is 4.74 Å². The second-order valence-electron chi connectivity index (χ2n) is 6.48. The topological polar surface area (TPSA) is 76.5 Å². The number of aryl methyl sites for hydroxylation is 2. The molecular weight excluding hydrogens is 308 g/mol. The number of ether oxygens (including phenoxy) is 1. The van der Waals surface area contributed by atoms with Gasteiger partial charge in [0.05, 0.1) is 11.8 Å². The molecule has 7 heteroatoms. The second-order valence-corrected chi connectivity index (χ2v) is 6.48. The van der Waals surface area contributed by atoms with Gasteiger partial charge in [0.1, 0.15) is 0 Å². The third-order valence-corrected chi connectivity index (χ3v) is 5.04. The maximum absolute atomic E-state index is 12.5. The van der Waals surface area contributed by atoms with E-state index >= 15 is 0 Å². The Kier molecular flexibility index (Phi) is 5.99. The lowest BCUT2D eigenvalue weighted by atomic mass is 10.0. The van der Waals surface area contributed by atoms with E-state index in [2.05, 4.69) is 10.4 Å². The Hall–Kier alpha value is -1.89. The molecule has 2 rings (SSSR count). The molecule has 2 atom stereocenters. The first-order chi connectivity index (χ1) is 11.4. The van der Waals surface area contributed by atoms with E-state index in [1.54, 1.807) is 19.1 Å². The summed E-state index contributed by atoms with van der Waals surface area (Å²) >= 11 is 0. The predicted molar refractivity (Wildman–Crippen MR) is 90.6 cm³/mol.